The fraction of sp³-hybridized carbons (Fsp3) is 0.720. The molecule has 1 unspecified atom stereocenters. The van der Waals surface area contributed by atoms with Gasteiger partial charge in [-0.05, 0) is 76.5 Å². The minimum Gasteiger partial charge on any atom is -0.375 e. The van der Waals surface area contributed by atoms with Gasteiger partial charge in [0.2, 0.25) is 5.91 Å². The van der Waals surface area contributed by atoms with Gasteiger partial charge in [-0.1, -0.05) is 18.9 Å². The van der Waals surface area contributed by atoms with Crippen molar-refractivity contribution in [2.45, 2.75) is 89.3 Å². The van der Waals surface area contributed by atoms with Gasteiger partial charge in [-0.15, -0.1) is 0 Å². The average molecular weight is 414 g/mol. The van der Waals surface area contributed by atoms with Gasteiger partial charge in [0, 0.05) is 49.6 Å². The van der Waals surface area contributed by atoms with E-state index in [1.54, 1.807) is 0 Å². The highest BCUT2D eigenvalue weighted by Gasteiger charge is 2.31. The summed E-state index contributed by atoms with van der Waals surface area (Å²) in [5.74, 6) is 0.752. The molecule has 1 aliphatic carbocycles. The van der Waals surface area contributed by atoms with E-state index in [9.17, 15) is 4.79 Å². The summed E-state index contributed by atoms with van der Waals surface area (Å²) >= 11 is 0. The van der Waals surface area contributed by atoms with Crippen molar-refractivity contribution in [1.29, 1.82) is 0 Å². The van der Waals surface area contributed by atoms with Crippen LogP contribution in [0, 0.1) is 5.92 Å². The maximum atomic E-state index is 12.4. The predicted molar refractivity (Wildman–Crippen MR) is 123 cm³/mol. The van der Waals surface area contributed by atoms with Crippen LogP contribution in [0.5, 0.6) is 0 Å². The molecule has 1 atom stereocenters. The highest BCUT2D eigenvalue weighted by molar-refractivity contribution is 5.91. The SMILES string of the molecule is CC1(C)CC(NC2CCN(c3cccc(NC(=O)CC4CCCC4)c3)CC2)CCO1. The molecule has 0 aromatic heterocycles. The fourth-order valence-electron chi connectivity index (χ4n) is 5.48. The summed E-state index contributed by atoms with van der Waals surface area (Å²) in [5.41, 5.74) is 2.15. The molecule has 1 amide bonds. The minimum absolute atomic E-state index is 0.000738. The number of rotatable bonds is 6. The van der Waals surface area contributed by atoms with E-state index in [0.29, 0.717) is 24.4 Å². The number of anilines is 2. The Hall–Kier alpha value is -1.59. The van der Waals surface area contributed by atoms with E-state index in [-0.39, 0.29) is 11.5 Å². The Morgan fingerprint density at radius 1 is 1.10 bits per heavy atom. The van der Waals surface area contributed by atoms with Crippen LogP contribution in [0.1, 0.15) is 71.6 Å². The quantitative estimate of drug-likeness (QED) is 0.708. The van der Waals surface area contributed by atoms with Crippen LogP contribution < -0.4 is 15.5 Å². The van der Waals surface area contributed by atoms with E-state index in [2.05, 4.69) is 47.6 Å². The monoisotopic (exact) mass is 413 g/mol. The number of nitrogens with zero attached hydrogens (tertiary/aromatic N) is 1. The van der Waals surface area contributed by atoms with Crippen LogP contribution in [0.3, 0.4) is 0 Å². The molecule has 5 heteroatoms. The molecule has 2 heterocycles. The molecule has 1 saturated carbocycles. The Morgan fingerprint density at radius 3 is 2.60 bits per heavy atom. The molecule has 166 valence electrons. The first-order valence-corrected chi connectivity index (χ1v) is 12.0. The number of hydrogen-bond acceptors (Lipinski definition) is 4. The molecule has 2 aliphatic heterocycles. The van der Waals surface area contributed by atoms with Crippen molar-refractivity contribution in [2.75, 3.05) is 29.9 Å². The Morgan fingerprint density at radius 2 is 1.87 bits per heavy atom. The van der Waals surface area contributed by atoms with Crippen molar-refractivity contribution in [3.05, 3.63) is 24.3 Å². The van der Waals surface area contributed by atoms with Gasteiger partial charge >= 0.3 is 0 Å². The number of benzene rings is 1. The van der Waals surface area contributed by atoms with Gasteiger partial charge in [-0.2, -0.15) is 0 Å². The summed E-state index contributed by atoms with van der Waals surface area (Å²) in [6, 6.07) is 9.55. The average Bonchev–Trinajstić information content (AvgIpc) is 3.21. The number of piperidine rings is 1. The summed E-state index contributed by atoms with van der Waals surface area (Å²) < 4.78 is 5.86. The molecule has 30 heavy (non-hydrogen) atoms. The maximum absolute atomic E-state index is 12.4. The van der Waals surface area contributed by atoms with Gasteiger partial charge in [0.1, 0.15) is 0 Å². The second kappa shape index (κ2) is 9.69. The molecule has 1 aromatic rings. The highest BCUT2D eigenvalue weighted by atomic mass is 16.5. The number of carbonyl (C=O) groups excluding carboxylic acids is 1. The molecular formula is C25H39N3O2. The van der Waals surface area contributed by atoms with Crippen molar-refractivity contribution in [3.63, 3.8) is 0 Å². The fourth-order valence-corrected chi connectivity index (χ4v) is 5.48. The smallest absolute Gasteiger partial charge is 0.224 e. The molecule has 0 spiro atoms. The van der Waals surface area contributed by atoms with Crippen LogP contribution in [-0.2, 0) is 9.53 Å². The van der Waals surface area contributed by atoms with Crippen LogP contribution in [0.15, 0.2) is 24.3 Å². The summed E-state index contributed by atoms with van der Waals surface area (Å²) in [5, 5.41) is 7.02. The van der Waals surface area contributed by atoms with E-state index in [4.69, 9.17) is 4.74 Å². The highest BCUT2D eigenvalue weighted by Crippen LogP contribution is 2.29. The van der Waals surface area contributed by atoms with Gasteiger partial charge in [-0.25, -0.2) is 0 Å². The molecule has 3 aliphatic rings. The van der Waals surface area contributed by atoms with Crippen LogP contribution in [-0.4, -0.2) is 43.3 Å². The van der Waals surface area contributed by atoms with Crippen LogP contribution in [0.25, 0.3) is 0 Å². The second-order valence-corrected chi connectivity index (χ2v) is 10.2. The lowest BCUT2D eigenvalue weighted by Crippen LogP contribution is -2.50. The van der Waals surface area contributed by atoms with Gasteiger partial charge < -0.3 is 20.3 Å². The molecule has 0 radical (unpaired) electrons. The van der Waals surface area contributed by atoms with Gasteiger partial charge in [0.15, 0.2) is 0 Å². The standard InChI is InChI=1S/C25H39N3O2/c1-25(2)18-22(12-15-30-25)26-20-10-13-28(14-11-20)23-9-5-8-21(17-23)27-24(29)16-19-6-3-4-7-19/h5,8-9,17,19-20,22,26H,3-4,6-7,10-16,18H2,1-2H3,(H,27,29). The van der Waals surface area contributed by atoms with Crippen LogP contribution >= 0.6 is 0 Å². The van der Waals surface area contributed by atoms with Crippen molar-refractivity contribution in [3.8, 4) is 0 Å². The third-order valence-electron chi connectivity index (χ3n) is 7.11. The molecule has 2 N–H and O–H groups in total. The lowest BCUT2D eigenvalue weighted by molar-refractivity contribution is -0.117. The van der Waals surface area contributed by atoms with Gasteiger partial charge in [0.05, 0.1) is 5.60 Å². The molecule has 2 saturated heterocycles. The third-order valence-corrected chi connectivity index (χ3v) is 7.11. The van der Waals surface area contributed by atoms with Crippen LogP contribution in [0.4, 0.5) is 11.4 Å². The Bertz CT molecular complexity index is 706. The van der Waals surface area contributed by atoms with E-state index < -0.39 is 0 Å². The zero-order valence-corrected chi connectivity index (χ0v) is 18.8. The zero-order valence-electron chi connectivity index (χ0n) is 18.8. The molecule has 3 fully saturated rings. The van der Waals surface area contributed by atoms with Crippen molar-refractivity contribution in [2.24, 2.45) is 5.92 Å². The van der Waals surface area contributed by atoms with E-state index in [1.807, 2.05) is 6.07 Å². The number of nitrogens with one attached hydrogen (secondary N) is 2. The number of hydrogen-bond donors (Lipinski definition) is 2. The first-order chi connectivity index (χ1) is 14.5. The van der Waals surface area contributed by atoms with Gasteiger partial charge in [0.25, 0.3) is 0 Å². The number of amides is 1. The summed E-state index contributed by atoms with van der Waals surface area (Å²) in [4.78, 5) is 14.8. The maximum Gasteiger partial charge on any atom is 0.224 e. The Balaban J connectivity index is 1.25. The summed E-state index contributed by atoms with van der Waals surface area (Å²) in [7, 11) is 0. The van der Waals surface area contributed by atoms with E-state index in [0.717, 1.165) is 51.1 Å². The summed E-state index contributed by atoms with van der Waals surface area (Å²) in [6.45, 7) is 7.38. The molecular weight excluding hydrogens is 374 g/mol. The number of carbonyl (C=O) groups is 1. The normalized spacial score (nSPS) is 25.4. The lowest BCUT2D eigenvalue weighted by Gasteiger charge is -2.40. The largest absolute Gasteiger partial charge is 0.375 e. The topological polar surface area (TPSA) is 53.6 Å². The third kappa shape index (κ3) is 5.98. The lowest BCUT2D eigenvalue weighted by atomic mass is 9.92. The van der Waals surface area contributed by atoms with Crippen molar-refractivity contribution in [1.82, 2.24) is 5.32 Å². The first kappa shape index (κ1) is 21.6. The molecule has 0 bridgehead atoms. The van der Waals surface area contributed by atoms with Crippen molar-refractivity contribution < 1.29 is 9.53 Å². The number of ether oxygens (including phenoxy) is 1. The van der Waals surface area contributed by atoms with E-state index in [1.165, 1.54) is 31.4 Å². The first-order valence-electron chi connectivity index (χ1n) is 12.0. The Labute approximate surface area is 181 Å². The molecule has 4 rings (SSSR count). The molecule has 1 aromatic carbocycles. The van der Waals surface area contributed by atoms with Crippen LogP contribution in [0.2, 0.25) is 0 Å². The van der Waals surface area contributed by atoms with Crippen molar-refractivity contribution >= 4 is 17.3 Å². The second-order valence-electron chi connectivity index (χ2n) is 10.2. The van der Waals surface area contributed by atoms with E-state index >= 15 is 0 Å². The minimum atomic E-state index is -0.000738. The zero-order chi connectivity index (χ0) is 21.0. The molecule has 5 nitrogen and oxygen atoms in total. The summed E-state index contributed by atoms with van der Waals surface area (Å²) in [6.07, 6.45) is 10.2. The Kier molecular flexibility index (Phi) is 6.99. The predicted octanol–water partition coefficient (Wildman–Crippen LogP) is 4.72. The van der Waals surface area contributed by atoms with Gasteiger partial charge in [-0.3, -0.25) is 4.79 Å².